The fourth-order valence-electron chi connectivity index (χ4n) is 0.345. The van der Waals surface area contributed by atoms with Gasteiger partial charge in [0.2, 0.25) is 0 Å². The van der Waals surface area contributed by atoms with E-state index in [1.165, 1.54) is 0 Å². The molecule has 1 nitrogen and oxygen atoms in total. The van der Waals surface area contributed by atoms with E-state index >= 15 is 0 Å². The van der Waals surface area contributed by atoms with Gasteiger partial charge in [-0.05, 0) is 13.1 Å². The minimum atomic E-state index is -2.36. The average Bonchev–Trinajstić information content (AvgIpc) is 1.59. The predicted molar refractivity (Wildman–Crippen MR) is 58.2 cm³/mol. The molecule has 0 aromatic carbocycles. The molecule has 0 fully saturated rings. The molecule has 10 heavy (non-hydrogen) atoms. The maximum Gasteiger partial charge on any atom is 0.320 e. The molecule has 0 radical (unpaired) electrons. The zero-order valence-corrected chi connectivity index (χ0v) is 11.7. The summed E-state index contributed by atoms with van der Waals surface area (Å²) in [4.78, 5) is 0. The van der Waals surface area contributed by atoms with Gasteiger partial charge in [0, 0.05) is 0 Å². The van der Waals surface area contributed by atoms with Gasteiger partial charge in [0.05, 0.1) is 0 Å². The summed E-state index contributed by atoms with van der Waals surface area (Å²) < 4.78 is 1.63. The molecule has 0 amide bonds. The lowest BCUT2D eigenvalue weighted by molar-refractivity contribution is 1.11. The lowest BCUT2D eigenvalue weighted by Crippen LogP contribution is -2.47. The van der Waals surface area contributed by atoms with Crippen molar-refractivity contribution in [2.24, 2.45) is 0 Å². The zero-order valence-electron chi connectivity index (χ0n) is 5.54. The Morgan fingerprint density at radius 1 is 1.00 bits per heavy atom. The highest BCUT2D eigenvalue weighted by molar-refractivity contribution is 7.59. The van der Waals surface area contributed by atoms with Gasteiger partial charge in [-0.15, -0.1) is 44.3 Å². The molecule has 0 heterocycles. The van der Waals surface area contributed by atoms with Gasteiger partial charge in [-0.3, -0.25) is 4.00 Å². The Morgan fingerprint density at radius 3 is 1.20 bits per heavy atom. The maximum absolute atomic E-state index is 5.84. The Balaban J connectivity index is 4.23. The molecule has 0 bridgehead atoms. The van der Waals surface area contributed by atoms with Gasteiger partial charge < -0.3 is 0 Å². The zero-order chi connectivity index (χ0) is 8.58. The molecule has 62 valence electrons. The summed E-state index contributed by atoms with van der Waals surface area (Å²) >= 11 is 23.4. The van der Waals surface area contributed by atoms with E-state index in [0.717, 1.165) is 0 Å². The summed E-state index contributed by atoms with van der Waals surface area (Å²) in [7, 11) is 2.38. The third kappa shape index (κ3) is 4.12. The molecule has 0 rings (SSSR count). The highest BCUT2D eigenvalue weighted by Crippen LogP contribution is 2.34. The average molecular weight is 275 g/mol. The minimum absolute atomic E-state index is 1.63. The van der Waals surface area contributed by atoms with E-state index in [2.05, 4.69) is 9.39 Å². The van der Waals surface area contributed by atoms with E-state index in [1.807, 2.05) is 0 Å². The van der Waals surface area contributed by atoms with E-state index in [1.54, 1.807) is 17.1 Å². The number of hydrogen-bond donors (Lipinski definition) is 0. The Morgan fingerprint density at radius 2 is 1.20 bits per heavy atom. The normalized spacial score (nSPS) is 14.4. The molecule has 1 atom stereocenters. The first-order valence-corrected chi connectivity index (χ1v) is 11.9. The smallest absolute Gasteiger partial charge is 0.281 e. The number of hydrogen-bond acceptors (Lipinski definition) is 1. The van der Waals surface area contributed by atoms with Gasteiger partial charge in [0.25, 0.3) is 0 Å². The minimum Gasteiger partial charge on any atom is -0.281 e. The van der Waals surface area contributed by atoms with Gasteiger partial charge >= 0.3 is 13.7 Å². The fraction of sp³-hybridized carbons (Fsp3) is 1.00. The van der Waals surface area contributed by atoms with Gasteiger partial charge in [0.15, 0.2) is 0 Å². The standard InChI is InChI=1S/C2H8Cl4NPSi2/c1-9(3,4)7(8)10(2,5)6/h8H2,1-2H3. The molecule has 0 spiro atoms. The first-order valence-electron chi connectivity index (χ1n) is 2.46. The molecule has 1 unspecified atom stereocenters. The molecule has 0 aromatic heterocycles. The van der Waals surface area contributed by atoms with Crippen LogP contribution in [0.5, 0.6) is 0 Å². The van der Waals surface area contributed by atoms with Crippen molar-refractivity contribution in [3.8, 4) is 0 Å². The lowest BCUT2D eigenvalue weighted by Gasteiger charge is -2.30. The second-order valence-corrected chi connectivity index (χ2v) is 18.4. The van der Waals surface area contributed by atoms with Crippen molar-refractivity contribution >= 4 is 67.4 Å². The van der Waals surface area contributed by atoms with Crippen molar-refractivity contribution < 1.29 is 0 Å². The Hall–Kier alpha value is 1.98. The van der Waals surface area contributed by atoms with Crippen LogP contribution >= 0.6 is 53.7 Å². The van der Waals surface area contributed by atoms with E-state index in [9.17, 15) is 0 Å². The van der Waals surface area contributed by atoms with Crippen LogP contribution in [0.2, 0.25) is 13.1 Å². The van der Waals surface area contributed by atoms with E-state index < -0.39 is 13.7 Å². The summed E-state index contributed by atoms with van der Waals surface area (Å²) in [6.45, 7) is -1.22. The molecule has 0 aliphatic heterocycles. The summed E-state index contributed by atoms with van der Waals surface area (Å²) in [5, 5.41) is 0. The lowest BCUT2D eigenvalue weighted by atomic mass is 11.9. The summed E-state index contributed by atoms with van der Waals surface area (Å²) in [6, 6.07) is 0. The van der Waals surface area contributed by atoms with Crippen LogP contribution in [0.15, 0.2) is 0 Å². The van der Waals surface area contributed by atoms with Crippen LogP contribution in [0.1, 0.15) is 0 Å². The number of rotatable bonds is 2. The van der Waals surface area contributed by atoms with Gasteiger partial charge in [-0.1, -0.05) is 9.39 Å². The van der Waals surface area contributed by atoms with Crippen molar-refractivity contribution in [1.82, 2.24) is 4.00 Å². The van der Waals surface area contributed by atoms with Gasteiger partial charge in [0.1, 0.15) is 0 Å². The summed E-state index contributed by atoms with van der Waals surface area (Å²) in [5.41, 5.74) is 0. The quantitative estimate of drug-likeness (QED) is 0.425. The molecule has 0 aromatic rings. The van der Waals surface area contributed by atoms with Crippen molar-refractivity contribution in [2.45, 2.75) is 13.1 Å². The van der Waals surface area contributed by atoms with Crippen LogP contribution in [-0.2, 0) is 0 Å². The van der Waals surface area contributed by atoms with Crippen LogP contribution in [0, 0.1) is 0 Å². The SMILES string of the molecule is C[Si](Cl)(Cl)N(P)[Si](C)(Cl)Cl. The molecule has 0 aliphatic rings. The fourth-order valence-corrected chi connectivity index (χ4v) is 10.7. The summed E-state index contributed by atoms with van der Waals surface area (Å²) in [6.07, 6.45) is 0. The second kappa shape index (κ2) is 3.80. The monoisotopic (exact) mass is 273 g/mol. The number of halogens is 4. The van der Waals surface area contributed by atoms with E-state index in [-0.39, 0.29) is 0 Å². The van der Waals surface area contributed by atoms with Crippen LogP contribution in [-0.4, -0.2) is 17.7 Å². The van der Waals surface area contributed by atoms with Crippen molar-refractivity contribution in [1.29, 1.82) is 0 Å². The van der Waals surface area contributed by atoms with Crippen molar-refractivity contribution in [3.63, 3.8) is 0 Å². The largest absolute Gasteiger partial charge is 0.320 e. The van der Waals surface area contributed by atoms with Crippen LogP contribution in [0.25, 0.3) is 0 Å². The topological polar surface area (TPSA) is 3.24 Å². The Bertz CT molecular complexity index is 105. The Labute approximate surface area is 84.2 Å². The molecule has 0 saturated heterocycles. The van der Waals surface area contributed by atoms with Gasteiger partial charge in [-0.25, -0.2) is 0 Å². The maximum atomic E-state index is 5.84. The molecule has 0 saturated carbocycles. The van der Waals surface area contributed by atoms with E-state index in [4.69, 9.17) is 44.3 Å². The first-order chi connectivity index (χ1) is 4.15. The third-order valence-electron chi connectivity index (χ3n) is 0.846. The molecule has 0 N–H and O–H groups in total. The molecule has 0 aliphatic carbocycles. The summed E-state index contributed by atoms with van der Waals surface area (Å²) in [5.74, 6) is 0. The van der Waals surface area contributed by atoms with Crippen LogP contribution in [0.4, 0.5) is 0 Å². The van der Waals surface area contributed by atoms with Crippen LogP contribution in [0.3, 0.4) is 0 Å². The van der Waals surface area contributed by atoms with E-state index in [0.29, 0.717) is 0 Å². The molecule has 8 heteroatoms. The van der Waals surface area contributed by atoms with Crippen LogP contribution < -0.4 is 0 Å². The first kappa shape index (κ1) is 12.0. The highest BCUT2D eigenvalue weighted by Gasteiger charge is 2.41. The highest BCUT2D eigenvalue weighted by atomic mass is 35.7. The van der Waals surface area contributed by atoms with Gasteiger partial charge in [-0.2, -0.15) is 0 Å². The second-order valence-electron chi connectivity index (χ2n) is 2.05. The molecular weight excluding hydrogens is 267 g/mol. The number of nitrogens with zero attached hydrogens (tertiary/aromatic N) is 1. The Kier molecular flexibility index (Phi) is 4.55. The van der Waals surface area contributed by atoms with Crippen molar-refractivity contribution in [3.05, 3.63) is 0 Å². The predicted octanol–water partition coefficient (Wildman–Crippen LogP) is 3.17. The van der Waals surface area contributed by atoms with Crippen molar-refractivity contribution in [2.75, 3.05) is 0 Å². The molecular formula is C2H8Cl4NPSi2. The third-order valence-corrected chi connectivity index (χ3v) is 14.2.